The van der Waals surface area contributed by atoms with Gasteiger partial charge in [0.25, 0.3) is 0 Å². The number of amides is 1. The number of hydrogen-bond donors (Lipinski definition) is 1. The van der Waals surface area contributed by atoms with Gasteiger partial charge in [0, 0.05) is 31.7 Å². The standard InChI is InChI=1S/C14H27N3O2/c1-4-5-15-13-10-19-9-12(13)14(18)17-7-6-16(3)8-11(17)2/h11-13,15H,4-10H2,1-3H3. The highest BCUT2D eigenvalue weighted by Crippen LogP contribution is 2.20. The fourth-order valence-corrected chi connectivity index (χ4v) is 3.01. The van der Waals surface area contributed by atoms with Crippen molar-refractivity contribution in [2.24, 2.45) is 5.92 Å². The molecule has 0 aromatic carbocycles. The third-order valence-electron chi connectivity index (χ3n) is 4.17. The van der Waals surface area contributed by atoms with Gasteiger partial charge >= 0.3 is 0 Å². The molecule has 3 atom stereocenters. The molecule has 110 valence electrons. The van der Waals surface area contributed by atoms with Crippen LogP contribution in [-0.4, -0.2) is 74.2 Å². The third-order valence-corrected chi connectivity index (χ3v) is 4.17. The van der Waals surface area contributed by atoms with E-state index in [0.717, 1.165) is 32.6 Å². The Hall–Kier alpha value is -0.650. The fourth-order valence-electron chi connectivity index (χ4n) is 3.01. The second-order valence-electron chi connectivity index (χ2n) is 5.85. The summed E-state index contributed by atoms with van der Waals surface area (Å²) in [5, 5.41) is 3.44. The van der Waals surface area contributed by atoms with Crippen molar-refractivity contribution >= 4 is 5.91 Å². The summed E-state index contributed by atoms with van der Waals surface area (Å²) in [6.45, 7) is 9.24. The van der Waals surface area contributed by atoms with Gasteiger partial charge in [0.1, 0.15) is 0 Å². The van der Waals surface area contributed by atoms with Crippen LogP contribution in [0, 0.1) is 5.92 Å². The van der Waals surface area contributed by atoms with E-state index in [-0.39, 0.29) is 17.9 Å². The smallest absolute Gasteiger partial charge is 0.230 e. The number of carbonyl (C=O) groups excluding carboxylic acids is 1. The summed E-state index contributed by atoms with van der Waals surface area (Å²) in [6, 6.07) is 0.498. The van der Waals surface area contributed by atoms with Crippen molar-refractivity contribution in [1.82, 2.24) is 15.1 Å². The predicted octanol–water partition coefficient (Wildman–Crippen LogP) is 0.164. The fraction of sp³-hybridized carbons (Fsp3) is 0.929. The second-order valence-corrected chi connectivity index (χ2v) is 5.85. The van der Waals surface area contributed by atoms with Gasteiger partial charge in [-0.3, -0.25) is 4.79 Å². The minimum absolute atomic E-state index is 0.00240. The number of nitrogens with zero attached hydrogens (tertiary/aromatic N) is 2. The first-order chi connectivity index (χ1) is 9.13. The highest BCUT2D eigenvalue weighted by atomic mass is 16.5. The van der Waals surface area contributed by atoms with Crippen molar-refractivity contribution in [2.45, 2.75) is 32.4 Å². The highest BCUT2D eigenvalue weighted by Gasteiger charge is 2.38. The lowest BCUT2D eigenvalue weighted by atomic mass is 10.00. The molecule has 2 fully saturated rings. The van der Waals surface area contributed by atoms with Crippen LogP contribution in [0.5, 0.6) is 0 Å². The van der Waals surface area contributed by atoms with E-state index in [1.54, 1.807) is 0 Å². The van der Waals surface area contributed by atoms with Crippen molar-refractivity contribution in [3.05, 3.63) is 0 Å². The van der Waals surface area contributed by atoms with E-state index in [1.807, 2.05) is 4.90 Å². The van der Waals surface area contributed by atoms with Crippen LogP contribution in [0.25, 0.3) is 0 Å². The number of rotatable bonds is 4. The summed E-state index contributed by atoms with van der Waals surface area (Å²) >= 11 is 0. The zero-order chi connectivity index (χ0) is 13.8. The van der Waals surface area contributed by atoms with Gasteiger partial charge in [-0.25, -0.2) is 0 Å². The Morgan fingerprint density at radius 1 is 1.37 bits per heavy atom. The number of hydrogen-bond acceptors (Lipinski definition) is 4. The monoisotopic (exact) mass is 269 g/mol. The van der Waals surface area contributed by atoms with Crippen LogP contribution in [0.4, 0.5) is 0 Å². The van der Waals surface area contributed by atoms with Gasteiger partial charge in [0.2, 0.25) is 5.91 Å². The SMILES string of the molecule is CCCNC1COCC1C(=O)N1CCN(C)CC1C. The molecule has 0 saturated carbocycles. The lowest BCUT2D eigenvalue weighted by molar-refractivity contribution is -0.140. The molecule has 0 aromatic heterocycles. The summed E-state index contributed by atoms with van der Waals surface area (Å²) in [6.07, 6.45) is 1.09. The summed E-state index contributed by atoms with van der Waals surface area (Å²) < 4.78 is 5.51. The summed E-state index contributed by atoms with van der Waals surface area (Å²) in [5.74, 6) is 0.268. The molecule has 0 bridgehead atoms. The first kappa shape index (κ1) is 14.8. The summed E-state index contributed by atoms with van der Waals surface area (Å²) in [5.41, 5.74) is 0. The normalized spacial score (nSPS) is 32.8. The molecule has 5 nitrogen and oxygen atoms in total. The average Bonchev–Trinajstić information content (AvgIpc) is 2.83. The topological polar surface area (TPSA) is 44.8 Å². The van der Waals surface area contributed by atoms with E-state index in [0.29, 0.717) is 19.3 Å². The van der Waals surface area contributed by atoms with E-state index in [1.165, 1.54) is 0 Å². The van der Waals surface area contributed by atoms with Gasteiger partial charge in [0.15, 0.2) is 0 Å². The van der Waals surface area contributed by atoms with E-state index >= 15 is 0 Å². The Bertz CT molecular complexity index is 311. The first-order valence-electron chi connectivity index (χ1n) is 7.43. The molecule has 2 heterocycles. The number of piperazine rings is 1. The molecule has 2 rings (SSSR count). The molecule has 2 saturated heterocycles. The van der Waals surface area contributed by atoms with Crippen LogP contribution in [0.2, 0.25) is 0 Å². The van der Waals surface area contributed by atoms with E-state index in [2.05, 4.69) is 31.1 Å². The van der Waals surface area contributed by atoms with Crippen molar-refractivity contribution in [1.29, 1.82) is 0 Å². The van der Waals surface area contributed by atoms with Crippen molar-refractivity contribution < 1.29 is 9.53 Å². The Labute approximate surface area is 116 Å². The van der Waals surface area contributed by atoms with Gasteiger partial charge in [-0.05, 0) is 26.9 Å². The molecular formula is C14H27N3O2. The predicted molar refractivity (Wildman–Crippen MR) is 75.1 cm³/mol. The largest absolute Gasteiger partial charge is 0.379 e. The van der Waals surface area contributed by atoms with Crippen LogP contribution in [0.3, 0.4) is 0 Å². The zero-order valence-corrected chi connectivity index (χ0v) is 12.4. The van der Waals surface area contributed by atoms with Crippen LogP contribution in [-0.2, 0) is 9.53 Å². The van der Waals surface area contributed by atoms with Crippen LogP contribution >= 0.6 is 0 Å². The minimum atomic E-state index is -0.00240. The molecule has 0 aliphatic carbocycles. The molecule has 3 unspecified atom stereocenters. The lowest BCUT2D eigenvalue weighted by Gasteiger charge is -2.40. The Morgan fingerprint density at radius 3 is 2.84 bits per heavy atom. The van der Waals surface area contributed by atoms with E-state index in [4.69, 9.17) is 4.74 Å². The van der Waals surface area contributed by atoms with Gasteiger partial charge in [-0.2, -0.15) is 0 Å². The molecule has 0 spiro atoms. The molecule has 0 aromatic rings. The van der Waals surface area contributed by atoms with Crippen LogP contribution < -0.4 is 5.32 Å². The molecule has 1 amide bonds. The van der Waals surface area contributed by atoms with Crippen LogP contribution in [0.15, 0.2) is 0 Å². The van der Waals surface area contributed by atoms with Crippen molar-refractivity contribution in [3.8, 4) is 0 Å². The number of likely N-dealkylation sites (N-methyl/N-ethyl adjacent to an activating group) is 1. The summed E-state index contributed by atoms with van der Waals surface area (Å²) in [7, 11) is 2.11. The lowest BCUT2D eigenvalue weighted by Crippen LogP contribution is -2.56. The molecular weight excluding hydrogens is 242 g/mol. The number of nitrogens with one attached hydrogen (secondary N) is 1. The minimum Gasteiger partial charge on any atom is -0.379 e. The van der Waals surface area contributed by atoms with Crippen molar-refractivity contribution in [2.75, 3.05) is 46.4 Å². The van der Waals surface area contributed by atoms with Gasteiger partial charge in [0.05, 0.1) is 19.1 Å². The molecule has 2 aliphatic rings. The Morgan fingerprint density at radius 2 is 2.16 bits per heavy atom. The molecule has 0 radical (unpaired) electrons. The highest BCUT2D eigenvalue weighted by molar-refractivity contribution is 5.80. The maximum atomic E-state index is 12.7. The van der Waals surface area contributed by atoms with E-state index < -0.39 is 0 Å². The summed E-state index contributed by atoms with van der Waals surface area (Å²) in [4.78, 5) is 17.0. The maximum absolute atomic E-state index is 12.7. The number of ether oxygens (including phenoxy) is 1. The maximum Gasteiger partial charge on any atom is 0.230 e. The Kier molecular flexibility index (Phi) is 5.19. The third kappa shape index (κ3) is 3.46. The molecule has 5 heteroatoms. The van der Waals surface area contributed by atoms with Crippen LogP contribution in [0.1, 0.15) is 20.3 Å². The first-order valence-corrected chi connectivity index (χ1v) is 7.43. The van der Waals surface area contributed by atoms with Crippen molar-refractivity contribution in [3.63, 3.8) is 0 Å². The zero-order valence-electron chi connectivity index (χ0n) is 12.4. The Balaban J connectivity index is 1.94. The van der Waals surface area contributed by atoms with E-state index in [9.17, 15) is 4.79 Å². The van der Waals surface area contributed by atoms with Gasteiger partial charge < -0.3 is 19.9 Å². The quantitative estimate of drug-likeness (QED) is 0.790. The average molecular weight is 269 g/mol. The molecule has 2 aliphatic heterocycles. The van der Waals surface area contributed by atoms with Gasteiger partial charge in [-0.1, -0.05) is 6.92 Å². The second kappa shape index (κ2) is 6.68. The van der Waals surface area contributed by atoms with Gasteiger partial charge in [-0.15, -0.1) is 0 Å². The molecule has 19 heavy (non-hydrogen) atoms. The number of carbonyl (C=O) groups is 1. The molecule has 1 N–H and O–H groups in total.